The van der Waals surface area contributed by atoms with Gasteiger partial charge in [-0.3, -0.25) is 4.79 Å². The zero-order chi connectivity index (χ0) is 16.2. The van der Waals surface area contributed by atoms with Crippen LogP contribution in [0.1, 0.15) is 16.1 Å². The molecule has 23 heavy (non-hydrogen) atoms. The number of thioether (sulfide) groups is 1. The van der Waals surface area contributed by atoms with Gasteiger partial charge in [-0.05, 0) is 35.4 Å². The minimum Gasteiger partial charge on any atom is -0.336 e. The van der Waals surface area contributed by atoms with Gasteiger partial charge in [0, 0.05) is 34.8 Å². The molecule has 0 unspecified atom stereocenters. The van der Waals surface area contributed by atoms with Crippen LogP contribution < -0.4 is 0 Å². The van der Waals surface area contributed by atoms with Crippen molar-refractivity contribution in [2.75, 3.05) is 13.3 Å². The molecule has 3 nitrogen and oxygen atoms in total. The Morgan fingerprint density at radius 1 is 1.22 bits per heavy atom. The standard InChI is InChI=1S/C17H16N2OS3/c1-19(9-12-3-5-14(21-2)6-4-12)17(20)15-11-23-16(18-15)13-7-8-22-10-13/h3-8,10-11H,9H2,1-2H3. The summed E-state index contributed by atoms with van der Waals surface area (Å²) < 4.78 is 0. The molecule has 0 bridgehead atoms. The van der Waals surface area contributed by atoms with Gasteiger partial charge in [-0.2, -0.15) is 11.3 Å². The van der Waals surface area contributed by atoms with Crippen molar-refractivity contribution in [3.8, 4) is 10.6 Å². The van der Waals surface area contributed by atoms with Crippen molar-refractivity contribution >= 4 is 40.3 Å². The molecule has 0 aliphatic heterocycles. The molecule has 0 saturated heterocycles. The lowest BCUT2D eigenvalue weighted by Gasteiger charge is -2.16. The SMILES string of the molecule is CSc1ccc(CN(C)C(=O)c2csc(-c3ccsc3)n2)cc1. The normalized spacial score (nSPS) is 10.7. The van der Waals surface area contributed by atoms with E-state index < -0.39 is 0 Å². The molecule has 3 aromatic rings. The van der Waals surface area contributed by atoms with Crippen molar-refractivity contribution in [3.63, 3.8) is 0 Å². The topological polar surface area (TPSA) is 33.2 Å². The van der Waals surface area contributed by atoms with E-state index in [9.17, 15) is 4.79 Å². The first kappa shape index (κ1) is 16.2. The number of thiazole rings is 1. The van der Waals surface area contributed by atoms with Crippen LogP contribution in [0.3, 0.4) is 0 Å². The molecule has 0 radical (unpaired) electrons. The summed E-state index contributed by atoms with van der Waals surface area (Å²) in [5.74, 6) is -0.0447. The van der Waals surface area contributed by atoms with E-state index in [2.05, 4.69) is 35.5 Å². The fourth-order valence-corrected chi connectivity index (χ4v) is 4.08. The molecule has 3 rings (SSSR count). The van der Waals surface area contributed by atoms with E-state index in [1.165, 1.54) is 16.2 Å². The molecule has 1 amide bonds. The zero-order valence-corrected chi connectivity index (χ0v) is 15.3. The Labute approximate surface area is 148 Å². The Balaban J connectivity index is 1.69. The van der Waals surface area contributed by atoms with E-state index in [0.29, 0.717) is 12.2 Å². The van der Waals surface area contributed by atoms with Gasteiger partial charge in [-0.25, -0.2) is 4.98 Å². The fraction of sp³-hybridized carbons (Fsp3) is 0.176. The van der Waals surface area contributed by atoms with Crippen LogP contribution in [0.2, 0.25) is 0 Å². The molecular weight excluding hydrogens is 344 g/mol. The number of nitrogens with zero attached hydrogens (tertiary/aromatic N) is 2. The number of amides is 1. The summed E-state index contributed by atoms with van der Waals surface area (Å²) in [6.45, 7) is 0.582. The fourth-order valence-electron chi connectivity index (χ4n) is 2.16. The van der Waals surface area contributed by atoms with Crippen molar-refractivity contribution in [1.29, 1.82) is 0 Å². The summed E-state index contributed by atoms with van der Waals surface area (Å²) in [5, 5.41) is 6.79. The van der Waals surface area contributed by atoms with Crippen LogP contribution in [0, 0.1) is 0 Å². The number of carbonyl (C=O) groups excluding carboxylic acids is 1. The lowest BCUT2D eigenvalue weighted by atomic mass is 10.2. The smallest absolute Gasteiger partial charge is 0.273 e. The molecule has 0 saturated carbocycles. The number of hydrogen-bond donors (Lipinski definition) is 0. The van der Waals surface area contributed by atoms with E-state index in [0.717, 1.165) is 16.1 Å². The van der Waals surface area contributed by atoms with E-state index in [-0.39, 0.29) is 5.91 Å². The molecule has 0 aliphatic rings. The van der Waals surface area contributed by atoms with Crippen molar-refractivity contribution in [3.05, 3.63) is 57.7 Å². The van der Waals surface area contributed by atoms with Gasteiger partial charge in [0.1, 0.15) is 10.7 Å². The largest absolute Gasteiger partial charge is 0.336 e. The predicted octanol–water partition coefficient (Wildman–Crippen LogP) is 4.87. The van der Waals surface area contributed by atoms with E-state index in [4.69, 9.17) is 0 Å². The summed E-state index contributed by atoms with van der Waals surface area (Å²) in [6, 6.07) is 10.3. The second-order valence-electron chi connectivity index (χ2n) is 5.06. The van der Waals surface area contributed by atoms with Crippen LogP contribution in [-0.2, 0) is 6.54 Å². The highest BCUT2D eigenvalue weighted by molar-refractivity contribution is 7.98. The van der Waals surface area contributed by atoms with Crippen LogP contribution in [0.25, 0.3) is 10.6 Å². The highest BCUT2D eigenvalue weighted by Gasteiger charge is 2.16. The summed E-state index contributed by atoms with van der Waals surface area (Å²) in [7, 11) is 1.81. The third-order valence-corrected chi connectivity index (χ3v) is 5.74. The Hall–Kier alpha value is -1.63. The summed E-state index contributed by atoms with van der Waals surface area (Å²) in [5.41, 5.74) is 2.71. The molecule has 1 aromatic carbocycles. The molecule has 2 heterocycles. The first-order chi connectivity index (χ1) is 11.2. The second-order valence-corrected chi connectivity index (χ2v) is 7.58. The molecule has 2 aromatic heterocycles. The number of thiophene rings is 1. The van der Waals surface area contributed by atoms with E-state index >= 15 is 0 Å². The van der Waals surface area contributed by atoms with Crippen molar-refractivity contribution in [2.24, 2.45) is 0 Å². The molecule has 0 aliphatic carbocycles. The lowest BCUT2D eigenvalue weighted by molar-refractivity contribution is 0.0780. The van der Waals surface area contributed by atoms with Crippen molar-refractivity contribution < 1.29 is 4.79 Å². The lowest BCUT2D eigenvalue weighted by Crippen LogP contribution is -2.26. The van der Waals surface area contributed by atoms with Gasteiger partial charge in [-0.15, -0.1) is 23.1 Å². The summed E-state index contributed by atoms with van der Waals surface area (Å²) in [4.78, 5) is 19.9. The highest BCUT2D eigenvalue weighted by Crippen LogP contribution is 2.26. The first-order valence-electron chi connectivity index (χ1n) is 7.04. The average Bonchev–Trinajstić information content (AvgIpc) is 3.26. The van der Waals surface area contributed by atoms with Crippen LogP contribution in [0.4, 0.5) is 0 Å². The van der Waals surface area contributed by atoms with Crippen molar-refractivity contribution in [2.45, 2.75) is 11.4 Å². The number of rotatable bonds is 5. The van der Waals surface area contributed by atoms with E-state index in [1.807, 2.05) is 29.3 Å². The van der Waals surface area contributed by atoms with Crippen LogP contribution in [0.5, 0.6) is 0 Å². The van der Waals surface area contributed by atoms with Crippen LogP contribution in [0.15, 0.2) is 51.4 Å². The van der Waals surface area contributed by atoms with Gasteiger partial charge in [0.15, 0.2) is 0 Å². The summed E-state index contributed by atoms with van der Waals surface area (Å²) in [6.07, 6.45) is 2.05. The highest BCUT2D eigenvalue weighted by atomic mass is 32.2. The maximum atomic E-state index is 12.5. The molecular formula is C17H16N2OS3. The quantitative estimate of drug-likeness (QED) is 0.609. The van der Waals surface area contributed by atoms with Gasteiger partial charge in [-0.1, -0.05) is 12.1 Å². The minimum absolute atomic E-state index is 0.0447. The Morgan fingerprint density at radius 2 is 2.00 bits per heavy atom. The molecule has 0 N–H and O–H groups in total. The average molecular weight is 361 g/mol. The molecule has 0 fully saturated rings. The number of carbonyl (C=O) groups is 1. The number of benzene rings is 1. The Kier molecular flexibility index (Phi) is 5.15. The maximum absolute atomic E-state index is 12.5. The number of hydrogen-bond acceptors (Lipinski definition) is 5. The van der Waals surface area contributed by atoms with Gasteiger partial charge in [0.2, 0.25) is 0 Å². The third-order valence-electron chi connectivity index (χ3n) is 3.42. The van der Waals surface area contributed by atoms with Gasteiger partial charge in [0.25, 0.3) is 5.91 Å². The summed E-state index contributed by atoms with van der Waals surface area (Å²) >= 11 is 4.85. The third kappa shape index (κ3) is 3.83. The molecule has 118 valence electrons. The van der Waals surface area contributed by atoms with Gasteiger partial charge < -0.3 is 4.90 Å². The van der Waals surface area contributed by atoms with Crippen molar-refractivity contribution in [1.82, 2.24) is 9.88 Å². The molecule has 0 atom stereocenters. The monoisotopic (exact) mass is 360 g/mol. The van der Waals surface area contributed by atoms with Crippen LogP contribution >= 0.6 is 34.4 Å². The zero-order valence-electron chi connectivity index (χ0n) is 12.9. The minimum atomic E-state index is -0.0447. The molecule has 6 heteroatoms. The number of aromatic nitrogens is 1. The molecule has 0 spiro atoms. The van der Waals surface area contributed by atoms with Gasteiger partial charge in [0.05, 0.1) is 0 Å². The van der Waals surface area contributed by atoms with E-state index in [1.54, 1.807) is 28.0 Å². The van der Waals surface area contributed by atoms with Gasteiger partial charge >= 0.3 is 0 Å². The predicted molar refractivity (Wildman–Crippen MR) is 99.4 cm³/mol. The second kappa shape index (κ2) is 7.29. The van der Waals surface area contributed by atoms with Crippen LogP contribution in [-0.4, -0.2) is 29.1 Å². The Morgan fingerprint density at radius 3 is 2.65 bits per heavy atom. The first-order valence-corrected chi connectivity index (χ1v) is 10.1. The Bertz CT molecular complexity index is 779. The maximum Gasteiger partial charge on any atom is 0.273 e.